The average Bonchev–Trinajstić information content (AvgIpc) is 1.55. The molecule has 14 nitrogen and oxygen atoms in total. The van der Waals surface area contributed by atoms with Gasteiger partial charge in [0, 0.05) is 69.2 Å². The van der Waals surface area contributed by atoms with Crippen molar-refractivity contribution in [2.24, 2.45) is 0 Å². The topological polar surface area (TPSA) is 106 Å². The van der Waals surface area contributed by atoms with Gasteiger partial charge in [-0.2, -0.15) is 18.2 Å². The normalized spacial score (nSPS) is 11.3. The Hall–Kier alpha value is -6.55. The SMILES string of the molecule is [C-]#[N+]c1cc2c3ccc(Oc4ccc5c6ccccc6n(-c6ccccn6)c5c4)nc3c3cccn3c2cc1[N+]#[C-].[C-]#[N+]c1cc2c3ccc(Oc4ccc5c6ccccc6n6cc[c-]c6c5n4)[c-]c3n(-c3ccccn3)c2cc1[N+]#[C-].[Cl][Pt]([Cl])([Cl])[Cl].[K][K].[Pt+2]. The first kappa shape index (κ1) is 63.6. The molecule has 0 unspecified atom stereocenters. The predicted octanol–water partition coefficient (Wildman–Crippen LogP) is 19.6. The number of aromatic nitrogens is 8. The Balaban J connectivity index is 0.000000157. The van der Waals surface area contributed by atoms with Gasteiger partial charge in [-0.05, 0) is 107 Å². The Morgan fingerprint density at radius 2 is 0.944 bits per heavy atom. The summed E-state index contributed by atoms with van der Waals surface area (Å²) in [6, 6.07) is 65.3. The first-order valence-corrected chi connectivity index (χ1v) is 54.5. The van der Waals surface area contributed by atoms with Gasteiger partial charge in [-0.25, -0.2) is 15.0 Å². The van der Waals surface area contributed by atoms with Crippen LogP contribution in [-0.4, -0.2) is 101 Å². The second-order valence-electron chi connectivity index (χ2n) is 19.5. The molecule has 0 aliphatic carbocycles. The molecule has 16 rings (SSSR count). The Bertz CT molecular complexity index is 5690. The summed E-state index contributed by atoms with van der Waals surface area (Å²) in [6.07, 6.45) is 7.45. The zero-order valence-corrected chi connectivity index (χ0v) is 60.8. The third-order valence-corrected chi connectivity index (χ3v) is 14.8. The number of benzene rings is 6. The maximum atomic E-state index is 7.59. The molecule has 22 heteroatoms. The zero-order valence-electron chi connectivity index (χ0n) is 47.0. The Labute approximate surface area is 592 Å². The van der Waals surface area contributed by atoms with Crippen LogP contribution in [0.3, 0.4) is 0 Å². The van der Waals surface area contributed by atoms with Crippen LogP contribution in [0.5, 0.6) is 23.3 Å². The average molecular weight is 1660 g/mol. The quantitative estimate of drug-likeness (QED) is 0.0933. The molecule has 0 atom stereocenters. The third-order valence-electron chi connectivity index (χ3n) is 14.8. The summed E-state index contributed by atoms with van der Waals surface area (Å²) in [7, 11) is 20.0. The van der Waals surface area contributed by atoms with E-state index in [4.69, 9.17) is 83.4 Å². The Kier molecular flexibility index (Phi) is 19.3. The molecule has 10 aromatic heterocycles. The van der Waals surface area contributed by atoms with E-state index < -0.39 is 11.9 Å². The summed E-state index contributed by atoms with van der Waals surface area (Å²) in [5, 5.41) is 7.86. The Morgan fingerprint density at radius 1 is 0.433 bits per heavy atom. The Morgan fingerprint density at radius 3 is 1.60 bits per heavy atom. The molecular formula is C68H34Cl4K2N12O2Pt2. The smallest absolute Gasteiger partial charge is 2.00 e. The monoisotopic (exact) mass is 1660 g/mol. The van der Waals surface area contributed by atoms with Crippen LogP contribution in [0.4, 0.5) is 22.7 Å². The van der Waals surface area contributed by atoms with Gasteiger partial charge in [0.2, 0.25) is 11.8 Å². The number of nitrogens with zero attached hydrogens (tertiary/aromatic N) is 12. The number of fused-ring (bicyclic) bond motifs is 18. The molecule has 0 aliphatic rings. The van der Waals surface area contributed by atoms with Crippen LogP contribution >= 0.6 is 37.7 Å². The molecule has 10 heterocycles. The van der Waals surface area contributed by atoms with Gasteiger partial charge in [0.15, 0.2) is 22.7 Å². The molecule has 0 amide bonds. The molecule has 0 aliphatic heterocycles. The van der Waals surface area contributed by atoms with Gasteiger partial charge in [-0.15, -0.1) is 17.5 Å². The second kappa shape index (κ2) is 27.3. The van der Waals surface area contributed by atoms with Crippen molar-refractivity contribution in [2.75, 3.05) is 0 Å². The predicted molar refractivity (Wildman–Crippen MR) is 355 cm³/mol. The van der Waals surface area contributed by atoms with E-state index >= 15 is 0 Å². The summed E-state index contributed by atoms with van der Waals surface area (Å²) in [6.45, 7) is 30.2. The number of halogens is 4. The van der Waals surface area contributed by atoms with Crippen molar-refractivity contribution in [2.45, 2.75) is 0 Å². The molecule has 0 bridgehead atoms. The van der Waals surface area contributed by atoms with Crippen LogP contribution in [0.25, 0.3) is 129 Å². The fourth-order valence-electron chi connectivity index (χ4n) is 11.3. The molecule has 0 radical (unpaired) electrons. The van der Waals surface area contributed by atoms with E-state index in [9.17, 15) is 0 Å². The number of hydrogen-bond donors (Lipinski definition) is 0. The van der Waals surface area contributed by atoms with Crippen molar-refractivity contribution in [1.82, 2.24) is 37.9 Å². The number of ether oxygens (including phenoxy) is 2. The van der Waals surface area contributed by atoms with E-state index in [1.807, 2.05) is 149 Å². The minimum Gasteiger partial charge on any atom is 2.00 e. The zero-order chi connectivity index (χ0) is 61.5. The van der Waals surface area contributed by atoms with Crippen LogP contribution in [-0.2, 0) is 33.0 Å². The third kappa shape index (κ3) is 12.2. The maximum Gasteiger partial charge on any atom is 2.00 e. The van der Waals surface area contributed by atoms with Crippen molar-refractivity contribution < 1.29 is 42.4 Å². The van der Waals surface area contributed by atoms with Crippen LogP contribution in [0.2, 0.25) is 0 Å². The minimum atomic E-state index is -3.06. The van der Waals surface area contributed by atoms with Crippen LogP contribution in [0.15, 0.2) is 207 Å². The standard InChI is InChI=1S/C34H16N6O.C34H18N6O.4ClH.2K.2Pt/c1-35-26-19-25-23-13-12-21(18-30(23)40(31(25)20-27(26)36-2)32-11-5-6-16-37-32)41-33-15-14-24-22-8-3-4-9-28(22)39-17-7-10-29(39)34(24)38-33;1-35-26-19-25-24-14-15-33(38-34(24)29-10-7-17-39(29)30(25)20-27(26)36-2)41-21-12-13-23-22-8-3-4-9-28(22)40(31(23)18-21)32-11-5-6-16-37-32;;;;;;;;/h3-9,11-17,19-20H;3-20H;4*1H;;;;/q-2;;;;;;;;+2;+4/p-4. The van der Waals surface area contributed by atoms with Crippen LogP contribution < -0.4 is 9.47 Å². The molecule has 90 heavy (non-hydrogen) atoms. The number of hydrogen-bond acceptors (Lipinski definition) is 6. The van der Waals surface area contributed by atoms with Gasteiger partial charge in [0.05, 0.1) is 48.4 Å². The molecule has 0 saturated heterocycles. The largest absolute Gasteiger partial charge is 2.00 e. The fraction of sp³-hybridized carbons (Fsp3) is 0. The molecule has 0 N–H and O–H groups in total. The first-order chi connectivity index (χ1) is 43.5. The van der Waals surface area contributed by atoms with Crippen LogP contribution in [0, 0.1) is 38.4 Å². The molecule has 6 aromatic carbocycles. The van der Waals surface area contributed by atoms with Gasteiger partial charge in [0.1, 0.15) is 17.4 Å². The van der Waals surface area contributed by atoms with Crippen molar-refractivity contribution in [1.29, 1.82) is 0 Å². The van der Waals surface area contributed by atoms with E-state index in [0.29, 0.717) is 51.8 Å². The number of para-hydroxylation sites is 2. The van der Waals surface area contributed by atoms with Crippen molar-refractivity contribution in [3.05, 3.63) is 265 Å². The molecule has 0 spiro atoms. The summed E-state index contributed by atoms with van der Waals surface area (Å²) in [5.74, 6) is 3.55. The number of pyridine rings is 6. The van der Waals surface area contributed by atoms with E-state index in [1.165, 1.54) is 63.2 Å². The minimum absolute atomic E-state index is 0. The second-order valence-corrected chi connectivity index (χ2v) is 39.2. The van der Waals surface area contributed by atoms with Crippen molar-refractivity contribution in [3.8, 4) is 34.9 Å². The molecule has 0 saturated carbocycles. The molecule has 0 fully saturated rings. The maximum absolute atomic E-state index is 7.59. The molecular weight excluding hydrogens is 1630 g/mol. The molecule has 16 aromatic rings. The van der Waals surface area contributed by atoms with E-state index in [-0.39, 0.29) is 21.1 Å². The van der Waals surface area contributed by atoms with Crippen molar-refractivity contribution in [3.63, 3.8) is 0 Å². The molecule has 428 valence electrons. The van der Waals surface area contributed by atoms with E-state index in [1.54, 1.807) is 36.7 Å². The summed E-state index contributed by atoms with van der Waals surface area (Å²) >= 11 is -0.556. The van der Waals surface area contributed by atoms with Crippen molar-refractivity contribution >= 4 is 222 Å². The summed E-state index contributed by atoms with van der Waals surface area (Å²) < 4.78 is 20.8. The summed E-state index contributed by atoms with van der Waals surface area (Å²) in [4.78, 5) is 33.3. The fourth-order valence-corrected chi connectivity index (χ4v) is 11.3. The van der Waals surface area contributed by atoms with Gasteiger partial charge in [-0.3, -0.25) is 28.9 Å². The van der Waals surface area contributed by atoms with E-state index in [2.05, 4.69) is 80.8 Å². The van der Waals surface area contributed by atoms with Gasteiger partial charge >= 0.3 is 134 Å². The van der Waals surface area contributed by atoms with Gasteiger partial charge in [-0.1, -0.05) is 89.3 Å². The van der Waals surface area contributed by atoms with Gasteiger partial charge in [0.25, 0.3) is 0 Å². The van der Waals surface area contributed by atoms with E-state index in [0.717, 1.165) is 104 Å². The first-order valence-electron chi connectivity index (χ1n) is 27.3. The number of rotatable bonds is 6. The summed E-state index contributed by atoms with van der Waals surface area (Å²) in [5.41, 5.74) is 10.1. The van der Waals surface area contributed by atoms with Crippen LogP contribution in [0.1, 0.15) is 0 Å². The van der Waals surface area contributed by atoms with Gasteiger partial charge < -0.3 is 22.8 Å².